The van der Waals surface area contributed by atoms with E-state index in [1.807, 2.05) is 0 Å². The molecule has 0 aliphatic rings. The maximum atomic E-state index is 11.2. The van der Waals surface area contributed by atoms with Crippen LogP contribution in [0.25, 0.3) is 0 Å². The minimum absolute atomic E-state index is 0.154. The second-order valence-corrected chi connectivity index (χ2v) is 2.69. The summed E-state index contributed by atoms with van der Waals surface area (Å²) in [5.41, 5.74) is 0. The van der Waals surface area contributed by atoms with Gasteiger partial charge >= 0.3 is 0 Å². The van der Waals surface area contributed by atoms with Crippen molar-refractivity contribution in [2.45, 2.75) is 6.10 Å². The number of carbonyl (C=O) groups excluding carboxylic acids is 1. The Kier molecular flexibility index (Phi) is 5.86. The highest BCUT2D eigenvalue weighted by molar-refractivity contribution is 5.95. The van der Waals surface area contributed by atoms with Gasteiger partial charge in [0.25, 0.3) is 0 Å². The van der Waals surface area contributed by atoms with Crippen LogP contribution in [-0.2, 0) is 9.53 Å². The second kappa shape index (κ2) is 6.36. The van der Waals surface area contributed by atoms with Gasteiger partial charge in [0.2, 0.25) is 5.78 Å². The first-order chi connectivity index (χ1) is 6.58. The van der Waals surface area contributed by atoms with E-state index >= 15 is 0 Å². The lowest BCUT2D eigenvalue weighted by molar-refractivity contribution is -0.129. The lowest BCUT2D eigenvalue weighted by Gasteiger charge is -2.18. The first-order valence-corrected chi connectivity index (χ1v) is 3.93. The maximum Gasteiger partial charge on any atom is 0.208 e. The first-order valence-electron chi connectivity index (χ1n) is 3.93. The zero-order valence-electron chi connectivity index (χ0n) is 7.75. The lowest BCUT2D eigenvalue weighted by atomic mass is 9.97. The van der Waals surface area contributed by atoms with Crippen LogP contribution in [0.4, 0.5) is 0 Å². The fourth-order valence-electron chi connectivity index (χ4n) is 0.922. The number of hydrogen-bond donors (Lipinski definition) is 4. The van der Waals surface area contributed by atoms with Crippen molar-refractivity contribution in [2.24, 2.45) is 5.92 Å². The standard InChI is InChI=1S/C8H14O6/c1-14-4-5(6(11)2-9)8(13)7(12)3-10/h3,5-6,9-12H,2,4H2,1H3. The predicted molar refractivity (Wildman–Crippen MR) is 46.8 cm³/mol. The zero-order chi connectivity index (χ0) is 11.1. The van der Waals surface area contributed by atoms with Gasteiger partial charge in [0.1, 0.15) is 6.26 Å². The Morgan fingerprint density at radius 3 is 2.50 bits per heavy atom. The summed E-state index contributed by atoms with van der Waals surface area (Å²) in [6, 6.07) is 0. The third-order valence-corrected chi connectivity index (χ3v) is 1.71. The summed E-state index contributed by atoms with van der Waals surface area (Å²) in [4.78, 5) is 11.2. The second-order valence-electron chi connectivity index (χ2n) is 2.69. The predicted octanol–water partition coefficient (Wildman–Crippen LogP) is -0.871. The van der Waals surface area contributed by atoms with Crippen molar-refractivity contribution in [2.75, 3.05) is 20.3 Å². The smallest absolute Gasteiger partial charge is 0.208 e. The Balaban J connectivity index is 4.56. The minimum atomic E-state index is -1.33. The maximum absolute atomic E-state index is 11.2. The molecular formula is C8H14O6. The van der Waals surface area contributed by atoms with Gasteiger partial charge in [0.05, 0.1) is 25.2 Å². The quantitative estimate of drug-likeness (QED) is 0.332. The van der Waals surface area contributed by atoms with Crippen LogP contribution in [0, 0.1) is 5.92 Å². The number of carbonyl (C=O) groups is 1. The number of aliphatic hydroxyl groups excluding tert-OH is 4. The average Bonchev–Trinajstić information content (AvgIpc) is 2.22. The SMILES string of the molecule is COCC(C(=O)C(O)=CO)C(O)CO. The van der Waals surface area contributed by atoms with Crippen LogP contribution in [0.1, 0.15) is 0 Å². The molecule has 6 heteroatoms. The van der Waals surface area contributed by atoms with Crippen LogP contribution in [0.5, 0.6) is 0 Å². The van der Waals surface area contributed by atoms with Crippen LogP contribution < -0.4 is 0 Å². The summed E-state index contributed by atoms with van der Waals surface area (Å²) in [6.07, 6.45) is -1.10. The molecule has 0 spiro atoms. The van der Waals surface area contributed by atoms with Gasteiger partial charge in [-0.1, -0.05) is 0 Å². The molecule has 0 saturated carbocycles. The number of ketones is 1. The number of aliphatic hydroxyl groups is 4. The van der Waals surface area contributed by atoms with Crippen molar-refractivity contribution in [3.63, 3.8) is 0 Å². The van der Waals surface area contributed by atoms with Crippen molar-refractivity contribution >= 4 is 5.78 Å². The van der Waals surface area contributed by atoms with Gasteiger partial charge in [-0.25, -0.2) is 0 Å². The Labute approximate surface area is 81.1 Å². The molecule has 0 aromatic rings. The van der Waals surface area contributed by atoms with E-state index in [1.54, 1.807) is 0 Å². The van der Waals surface area contributed by atoms with Crippen molar-refractivity contribution in [3.8, 4) is 0 Å². The van der Waals surface area contributed by atoms with E-state index < -0.39 is 30.2 Å². The molecule has 0 bridgehead atoms. The zero-order valence-corrected chi connectivity index (χ0v) is 7.75. The minimum Gasteiger partial charge on any atom is -0.512 e. The largest absolute Gasteiger partial charge is 0.512 e. The molecule has 0 aliphatic carbocycles. The van der Waals surface area contributed by atoms with Crippen LogP contribution >= 0.6 is 0 Å². The summed E-state index contributed by atoms with van der Waals surface area (Å²) in [5, 5.41) is 35.0. The van der Waals surface area contributed by atoms with Gasteiger partial charge < -0.3 is 25.2 Å². The molecule has 0 aromatic heterocycles. The van der Waals surface area contributed by atoms with Crippen molar-refractivity contribution < 1.29 is 30.0 Å². The van der Waals surface area contributed by atoms with E-state index in [0.717, 1.165) is 0 Å². The summed E-state index contributed by atoms with van der Waals surface area (Å²) in [6.45, 7) is -0.781. The van der Waals surface area contributed by atoms with E-state index in [0.29, 0.717) is 0 Å². The fraction of sp³-hybridized carbons (Fsp3) is 0.625. The van der Waals surface area contributed by atoms with Crippen molar-refractivity contribution in [3.05, 3.63) is 12.0 Å². The van der Waals surface area contributed by atoms with E-state index in [9.17, 15) is 9.90 Å². The molecule has 0 aliphatic heterocycles. The molecule has 0 rings (SSSR count). The highest BCUT2D eigenvalue weighted by Gasteiger charge is 2.28. The molecule has 0 amide bonds. The lowest BCUT2D eigenvalue weighted by Crippen LogP contribution is -2.35. The van der Waals surface area contributed by atoms with Crippen molar-refractivity contribution in [1.29, 1.82) is 0 Å². The monoisotopic (exact) mass is 206 g/mol. The first kappa shape index (κ1) is 12.9. The van der Waals surface area contributed by atoms with Crippen LogP contribution in [0.3, 0.4) is 0 Å². The number of hydrogen-bond acceptors (Lipinski definition) is 6. The number of rotatable bonds is 6. The molecule has 4 N–H and O–H groups in total. The highest BCUT2D eigenvalue weighted by Crippen LogP contribution is 2.10. The molecule has 6 nitrogen and oxygen atoms in total. The Bertz CT molecular complexity index is 212. The third kappa shape index (κ3) is 3.33. The Morgan fingerprint density at radius 2 is 2.14 bits per heavy atom. The summed E-state index contributed by atoms with van der Waals surface area (Å²) >= 11 is 0. The molecule has 0 heterocycles. The molecule has 0 fully saturated rings. The van der Waals surface area contributed by atoms with Crippen molar-refractivity contribution in [1.82, 2.24) is 0 Å². The van der Waals surface area contributed by atoms with Gasteiger partial charge in [0.15, 0.2) is 5.76 Å². The average molecular weight is 206 g/mol. The Morgan fingerprint density at radius 1 is 1.57 bits per heavy atom. The van der Waals surface area contributed by atoms with Gasteiger partial charge in [-0.15, -0.1) is 0 Å². The molecule has 2 unspecified atom stereocenters. The summed E-state index contributed by atoms with van der Waals surface area (Å²) in [5.74, 6) is -2.84. The van der Waals surface area contributed by atoms with Crippen LogP contribution in [0.15, 0.2) is 12.0 Å². The molecule has 14 heavy (non-hydrogen) atoms. The number of allylic oxidation sites excluding steroid dienone is 1. The van der Waals surface area contributed by atoms with Gasteiger partial charge in [0, 0.05) is 7.11 Å². The van der Waals surface area contributed by atoms with Gasteiger partial charge in [-0.2, -0.15) is 0 Å². The van der Waals surface area contributed by atoms with E-state index in [1.165, 1.54) is 7.11 Å². The molecule has 2 atom stereocenters. The highest BCUT2D eigenvalue weighted by atomic mass is 16.5. The summed E-state index contributed by atoms with van der Waals surface area (Å²) in [7, 11) is 1.31. The summed E-state index contributed by atoms with van der Waals surface area (Å²) < 4.78 is 4.63. The fourth-order valence-corrected chi connectivity index (χ4v) is 0.922. The normalized spacial score (nSPS) is 16.4. The number of Topliss-reactive ketones (excluding diaryl/α,β-unsaturated/α-hetero) is 1. The molecule has 0 radical (unpaired) electrons. The number of ether oxygens (including phenoxy) is 1. The van der Waals surface area contributed by atoms with E-state index in [2.05, 4.69) is 4.74 Å². The Hall–Kier alpha value is -1.11. The third-order valence-electron chi connectivity index (χ3n) is 1.71. The molecule has 0 saturated heterocycles. The van der Waals surface area contributed by atoms with E-state index in [-0.39, 0.29) is 12.9 Å². The van der Waals surface area contributed by atoms with Gasteiger partial charge in [-0.05, 0) is 0 Å². The molecule has 0 aromatic carbocycles. The van der Waals surface area contributed by atoms with Crippen LogP contribution in [-0.4, -0.2) is 52.6 Å². The van der Waals surface area contributed by atoms with Crippen LogP contribution in [0.2, 0.25) is 0 Å². The van der Waals surface area contributed by atoms with Gasteiger partial charge in [-0.3, -0.25) is 4.79 Å². The topological polar surface area (TPSA) is 107 Å². The molecule has 82 valence electrons. The number of methoxy groups -OCH3 is 1. The molecular weight excluding hydrogens is 192 g/mol. The van der Waals surface area contributed by atoms with E-state index in [4.69, 9.17) is 15.3 Å².